The topological polar surface area (TPSA) is 92.0 Å². The Morgan fingerprint density at radius 3 is 2.46 bits per heavy atom. The monoisotopic (exact) mass is 471 g/mol. The molecule has 0 aliphatic heterocycles. The fourth-order valence-electron chi connectivity index (χ4n) is 3.63. The molecule has 4 heterocycles. The van der Waals surface area contributed by atoms with Crippen molar-refractivity contribution >= 4 is 0 Å². The van der Waals surface area contributed by atoms with Gasteiger partial charge in [-0.05, 0) is 38.1 Å². The molecule has 0 aliphatic rings. The predicted molar refractivity (Wildman–Crippen MR) is 134 cm³/mol. The number of ether oxygens (including phenoxy) is 2. The van der Waals surface area contributed by atoms with Gasteiger partial charge in [0, 0.05) is 35.6 Å². The molecule has 0 N–H and O–H groups in total. The van der Waals surface area contributed by atoms with E-state index in [0.29, 0.717) is 40.0 Å². The summed E-state index contributed by atoms with van der Waals surface area (Å²) in [5.74, 6) is 1.77. The molecule has 0 fully saturated rings. The number of hydrogen-bond acceptors (Lipinski definition) is 7. The highest BCUT2D eigenvalue weighted by atomic mass is 16.5. The molecule has 0 saturated carbocycles. The number of nitrogens with zero attached hydrogens (tertiary/aromatic N) is 5. The van der Waals surface area contributed by atoms with Crippen molar-refractivity contribution in [3.05, 3.63) is 88.0 Å². The molecule has 180 valence electrons. The van der Waals surface area contributed by atoms with Gasteiger partial charge in [-0.15, -0.1) is 0 Å². The van der Waals surface area contributed by atoms with Crippen molar-refractivity contribution in [2.24, 2.45) is 0 Å². The minimum atomic E-state index is -0.186. The summed E-state index contributed by atoms with van der Waals surface area (Å²) in [6.07, 6.45) is 3.42. The molecule has 0 aromatic carbocycles. The van der Waals surface area contributed by atoms with Crippen LogP contribution in [-0.4, -0.2) is 31.6 Å². The number of aryl methyl sites for hydroxylation is 1. The molecule has 0 aliphatic carbocycles. The average molecular weight is 472 g/mol. The SMILES string of the molecule is COc1cccc(COc2cc(C)n(-c3ccnc(-c4ccnc(C(C)(C)C)n4)c3)c(=O)c2C)n1. The van der Waals surface area contributed by atoms with Crippen molar-refractivity contribution in [3.8, 4) is 28.7 Å². The maximum absolute atomic E-state index is 13.4. The van der Waals surface area contributed by atoms with Crippen molar-refractivity contribution < 1.29 is 9.47 Å². The molecule has 0 spiro atoms. The van der Waals surface area contributed by atoms with Gasteiger partial charge in [-0.2, -0.15) is 0 Å². The van der Waals surface area contributed by atoms with Crippen LogP contribution >= 0.6 is 0 Å². The molecule has 0 saturated heterocycles. The van der Waals surface area contributed by atoms with E-state index in [1.54, 1.807) is 37.1 Å². The van der Waals surface area contributed by atoms with Crippen LogP contribution in [0.15, 0.2) is 59.7 Å². The number of methoxy groups -OCH3 is 1. The Labute approximate surface area is 204 Å². The van der Waals surface area contributed by atoms with Gasteiger partial charge in [-0.1, -0.05) is 26.8 Å². The summed E-state index contributed by atoms with van der Waals surface area (Å²) in [5.41, 5.74) is 3.70. The highest BCUT2D eigenvalue weighted by Crippen LogP contribution is 2.24. The van der Waals surface area contributed by atoms with Crippen molar-refractivity contribution in [2.45, 2.75) is 46.6 Å². The Kier molecular flexibility index (Phi) is 6.64. The van der Waals surface area contributed by atoms with Gasteiger partial charge in [0.05, 0.1) is 35.4 Å². The Bertz CT molecular complexity index is 1420. The fourth-order valence-corrected chi connectivity index (χ4v) is 3.63. The maximum atomic E-state index is 13.4. The van der Waals surface area contributed by atoms with Gasteiger partial charge in [0.25, 0.3) is 5.56 Å². The zero-order valence-corrected chi connectivity index (χ0v) is 20.9. The first-order chi connectivity index (χ1) is 16.7. The van der Waals surface area contributed by atoms with Gasteiger partial charge < -0.3 is 9.47 Å². The fraction of sp³-hybridized carbons (Fsp3) is 0.296. The van der Waals surface area contributed by atoms with Crippen LogP contribution in [0.3, 0.4) is 0 Å². The largest absolute Gasteiger partial charge is 0.487 e. The quantitative estimate of drug-likeness (QED) is 0.406. The first kappa shape index (κ1) is 24.1. The Morgan fingerprint density at radius 2 is 1.71 bits per heavy atom. The molecule has 0 unspecified atom stereocenters. The van der Waals surface area contributed by atoms with E-state index in [9.17, 15) is 4.79 Å². The molecule has 0 atom stereocenters. The smallest absolute Gasteiger partial charge is 0.261 e. The van der Waals surface area contributed by atoms with E-state index in [0.717, 1.165) is 11.5 Å². The molecule has 35 heavy (non-hydrogen) atoms. The van der Waals surface area contributed by atoms with Crippen LogP contribution in [-0.2, 0) is 12.0 Å². The van der Waals surface area contributed by atoms with Crippen molar-refractivity contribution in [3.63, 3.8) is 0 Å². The zero-order valence-electron chi connectivity index (χ0n) is 20.9. The van der Waals surface area contributed by atoms with Crippen LogP contribution in [0, 0.1) is 13.8 Å². The molecule has 0 amide bonds. The van der Waals surface area contributed by atoms with E-state index < -0.39 is 0 Å². The lowest BCUT2D eigenvalue weighted by atomic mass is 9.95. The molecule has 4 rings (SSSR count). The number of pyridine rings is 3. The van der Waals surface area contributed by atoms with Gasteiger partial charge in [0.2, 0.25) is 5.88 Å². The minimum absolute atomic E-state index is 0.159. The lowest BCUT2D eigenvalue weighted by Crippen LogP contribution is -2.23. The third kappa shape index (κ3) is 5.21. The summed E-state index contributed by atoms with van der Waals surface area (Å²) < 4.78 is 12.8. The summed E-state index contributed by atoms with van der Waals surface area (Å²) in [6, 6.07) is 12.8. The van der Waals surface area contributed by atoms with E-state index in [-0.39, 0.29) is 17.6 Å². The lowest BCUT2D eigenvalue weighted by Gasteiger charge is -2.17. The van der Waals surface area contributed by atoms with E-state index in [4.69, 9.17) is 14.5 Å². The van der Waals surface area contributed by atoms with Crippen molar-refractivity contribution in [2.75, 3.05) is 7.11 Å². The van der Waals surface area contributed by atoms with Crippen LogP contribution in [0.2, 0.25) is 0 Å². The summed E-state index contributed by atoms with van der Waals surface area (Å²) in [5, 5.41) is 0. The average Bonchev–Trinajstić information content (AvgIpc) is 2.85. The zero-order chi connectivity index (χ0) is 25.2. The first-order valence-corrected chi connectivity index (χ1v) is 11.3. The highest BCUT2D eigenvalue weighted by Gasteiger charge is 2.19. The molecule has 8 heteroatoms. The Morgan fingerprint density at radius 1 is 0.943 bits per heavy atom. The maximum Gasteiger partial charge on any atom is 0.261 e. The van der Waals surface area contributed by atoms with Gasteiger partial charge >= 0.3 is 0 Å². The van der Waals surface area contributed by atoms with Crippen molar-refractivity contribution in [1.82, 2.24) is 24.5 Å². The number of aromatic nitrogens is 5. The van der Waals surface area contributed by atoms with Gasteiger partial charge in [-0.25, -0.2) is 15.0 Å². The minimum Gasteiger partial charge on any atom is -0.487 e. The number of hydrogen-bond donors (Lipinski definition) is 0. The van der Waals surface area contributed by atoms with Crippen molar-refractivity contribution in [1.29, 1.82) is 0 Å². The second-order valence-electron chi connectivity index (χ2n) is 9.29. The summed E-state index contributed by atoms with van der Waals surface area (Å²) in [7, 11) is 1.57. The van der Waals surface area contributed by atoms with Crippen LogP contribution in [0.5, 0.6) is 11.6 Å². The van der Waals surface area contributed by atoms with Gasteiger partial charge in [0.15, 0.2) is 0 Å². The van der Waals surface area contributed by atoms with Crippen LogP contribution < -0.4 is 15.0 Å². The molecule has 0 bridgehead atoms. The summed E-state index contributed by atoms with van der Waals surface area (Å²) in [6.45, 7) is 10.1. The van der Waals surface area contributed by atoms with E-state index >= 15 is 0 Å². The number of rotatable bonds is 6. The molecule has 4 aromatic rings. The predicted octanol–water partition coefficient (Wildman–Crippen LogP) is 4.59. The Hall–Kier alpha value is -4.07. The highest BCUT2D eigenvalue weighted by molar-refractivity contribution is 5.57. The standard InChI is InChI=1S/C27H29N5O3/c1-17-14-23(35-16-19-8-7-9-24(30-19)34-6)18(2)25(33)32(17)20-10-12-28-22(15-20)21-11-13-29-26(31-21)27(3,4)5/h7-15H,16H2,1-6H3. The summed E-state index contributed by atoms with van der Waals surface area (Å²) in [4.78, 5) is 31.3. The van der Waals surface area contributed by atoms with Crippen LogP contribution in [0.4, 0.5) is 0 Å². The third-order valence-electron chi connectivity index (χ3n) is 5.54. The molecule has 4 aromatic heterocycles. The molecule has 0 radical (unpaired) electrons. The van der Waals surface area contributed by atoms with Crippen LogP contribution in [0.25, 0.3) is 17.1 Å². The Balaban J connectivity index is 1.66. The molecule has 8 nitrogen and oxygen atoms in total. The normalized spacial score (nSPS) is 11.4. The third-order valence-corrected chi connectivity index (χ3v) is 5.54. The lowest BCUT2D eigenvalue weighted by molar-refractivity contribution is 0.294. The van der Waals surface area contributed by atoms with E-state index in [1.165, 1.54) is 0 Å². The van der Waals surface area contributed by atoms with Gasteiger partial charge in [-0.3, -0.25) is 14.3 Å². The van der Waals surface area contributed by atoms with Crippen LogP contribution in [0.1, 0.15) is 43.5 Å². The molecular weight excluding hydrogens is 442 g/mol. The second-order valence-corrected chi connectivity index (χ2v) is 9.29. The van der Waals surface area contributed by atoms with Gasteiger partial charge in [0.1, 0.15) is 18.2 Å². The van der Waals surface area contributed by atoms with E-state index in [2.05, 4.69) is 35.7 Å². The van der Waals surface area contributed by atoms with E-state index in [1.807, 2.05) is 43.3 Å². The summed E-state index contributed by atoms with van der Waals surface area (Å²) >= 11 is 0. The second kappa shape index (κ2) is 9.66. The molecular formula is C27H29N5O3. The first-order valence-electron chi connectivity index (χ1n) is 11.3.